The summed E-state index contributed by atoms with van der Waals surface area (Å²) in [6.45, 7) is 4.81. The van der Waals surface area contributed by atoms with Crippen molar-refractivity contribution < 1.29 is 13.2 Å². The molecule has 0 bridgehead atoms. The molecule has 0 saturated carbocycles. The zero-order valence-corrected chi connectivity index (χ0v) is 13.6. The van der Waals surface area contributed by atoms with Crippen LogP contribution in [0.4, 0.5) is 0 Å². The van der Waals surface area contributed by atoms with Crippen LogP contribution < -0.4 is 5.14 Å². The van der Waals surface area contributed by atoms with Crippen LogP contribution in [0.15, 0.2) is 28.7 Å². The normalized spacial score (nSPS) is 13.7. The smallest absolute Gasteiger partial charge is 0.209 e. The van der Waals surface area contributed by atoms with Crippen molar-refractivity contribution in [2.24, 2.45) is 17.0 Å². The first kappa shape index (κ1) is 16.6. The van der Waals surface area contributed by atoms with Gasteiger partial charge in [-0.1, -0.05) is 41.9 Å². The van der Waals surface area contributed by atoms with E-state index in [1.807, 2.05) is 38.1 Å². The number of hydrogen-bond acceptors (Lipinski definition) is 3. The molecular weight excluding hydrogens is 330 g/mol. The highest BCUT2D eigenvalue weighted by atomic mass is 79.9. The average molecular weight is 350 g/mol. The highest BCUT2D eigenvalue weighted by Crippen LogP contribution is 2.15. The second-order valence-corrected chi connectivity index (χ2v) is 7.55. The Morgan fingerprint density at radius 2 is 1.84 bits per heavy atom. The highest BCUT2D eigenvalue weighted by Gasteiger charge is 2.19. The predicted molar refractivity (Wildman–Crippen MR) is 80.1 cm³/mol. The lowest BCUT2D eigenvalue weighted by atomic mass is 9.99. The largest absolute Gasteiger partial charge is 0.376 e. The third-order valence-corrected chi connectivity index (χ3v) is 4.32. The first-order valence-electron chi connectivity index (χ1n) is 6.10. The molecule has 1 aromatic carbocycles. The van der Waals surface area contributed by atoms with Gasteiger partial charge in [-0.05, 0) is 29.5 Å². The van der Waals surface area contributed by atoms with E-state index in [9.17, 15) is 8.42 Å². The van der Waals surface area contributed by atoms with Crippen molar-refractivity contribution in [3.63, 3.8) is 0 Å². The maximum absolute atomic E-state index is 11.1. The zero-order valence-electron chi connectivity index (χ0n) is 11.2. The van der Waals surface area contributed by atoms with Crippen LogP contribution in [0, 0.1) is 11.8 Å². The standard InChI is InChI=1S/C13H20BrNO3S/c1-10(2)12(9-19(15,16)17)8-18-7-11-3-5-13(14)6-4-11/h3-6,10,12H,7-9H2,1-2H3,(H2,15,16,17). The first-order chi connectivity index (χ1) is 8.78. The van der Waals surface area contributed by atoms with Gasteiger partial charge in [0.15, 0.2) is 0 Å². The van der Waals surface area contributed by atoms with Crippen LogP contribution in [0.1, 0.15) is 19.4 Å². The summed E-state index contributed by atoms with van der Waals surface area (Å²) in [6, 6.07) is 7.83. The van der Waals surface area contributed by atoms with E-state index >= 15 is 0 Å². The van der Waals surface area contributed by atoms with Gasteiger partial charge < -0.3 is 4.74 Å². The molecule has 108 valence electrons. The molecule has 0 saturated heterocycles. The minimum absolute atomic E-state index is 0.0367. The summed E-state index contributed by atoms with van der Waals surface area (Å²) >= 11 is 3.37. The van der Waals surface area contributed by atoms with Crippen LogP contribution in [0.25, 0.3) is 0 Å². The third-order valence-electron chi connectivity index (χ3n) is 2.90. The number of hydrogen-bond donors (Lipinski definition) is 1. The Kier molecular flexibility index (Phi) is 6.46. The first-order valence-corrected chi connectivity index (χ1v) is 8.61. The molecule has 0 aliphatic carbocycles. The number of ether oxygens (including phenoxy) is 1. The van der Waals surface area contributed by atoms with Crippen LogP contribution in [0.2, 0.25) is 0 Å². The minimum Gasteiger partial charge on any atom is -0.376 e. The Morgan fingerprint density at radius 3 is 2.32 bits per heavy atom. The lowest BCUT2D eigenvalue weighted by Gasteiger charge is -2.19. The van der Waals surface area contributed by atoms with E-state index < -0.39 is 10.0 Å². The maximum Gasteiger partial charge on any atom is 0.209 e. The van der Waals surface area contributed by atoms with Gasteiger partial charge in [0.1, 0.15) is 0 Å². The average Bonchev–Trinajstić information content (AvgIpc) is 2.28. The van der Waals surface area contributed by atoms with E-state index in [2.05, 4.69) is 15.9 Å². The lowest BCUT2D eigenvalue weighted by molar-refractivity contribution is 0.0790. The summed E-state index contributed by atoms with van der Waals surface area (Å²) in [5, 5.41) is 5.09. The SMILES string of the molecule is CC(C)C(COCc1ccc(Br)cc1)CS(N)(=O)=O. The van der Waals surface area contributed by atoms with E-state index in [0.29, 0.717) is 13.2 Å². The van der Waals surface area contributed by atoms with Crippen molar-refractivity contribution in [2.45, 2.75) is 20.5 Å². The molecule has 1 atom stereocenters. The van der Waals surface area contributed by atoms with E-state index in [1.54, 1.807) is 0 Å². The summed E-state index contributed by atoms with van der Waals surface area (Å²) in [5.74, 6) is 0.0963. The Labute approximate surface area is 123 Å². The van der Waals surface area contributed by atoms with Gasteiger partial charge in [-0.3, -0.25) is 0 Å². The molecule has 19 heavy (non-hydrogen) atoms. The summed E-state index contributed by atoms with van der Waals surface area (Å²) in [5.41, 5.74) is 1.06. The number of nitrogens with two attached hydrogens (primary N) is 1. The van der Waals surface area contributed by atoms with Gasteiger partial charge >= 0.3 is 0 Å². The summed E-state index contributed by atoms with van der Waals surface area (Å²) < 4.78 is 28.9. The summed E-state index contributed by atoms with van der Waals surface area (Å²) in [4.78, 5) is 0. The molecule has 4 nitrogen and oxygen atoms in total. The number of benzene rings is 1. The molecule has 1 aromatic rings. The Balaban J connectivity index is 2.46. The van der Waals surface area contributed by atoms with Gasteiger partial charge in [-0.15, -0.1) is 0 Å². The fourth-order valence-corrected chi connectivity index (χ4v) is 2.98. The molecule has 6 heteroatoms. The number of primary sulfonamides is 1. The van der Waals surface area contributed by atoms with Crippen LogP contribution in [0.3, 0.4) is 0 Å². The maximum atomic E-state index is 11.1. The van der Waals surface area contributed by atoms with Crippen molar-refractivity contribution in [1.82, 2.24) is 0 Å². The van der Waals surface area contributed by atoms with E-state index in [0.717, 1.165) is 10.0 Å². The van der Waals surface area contributed by atoms with Crippen LogP contribution in [-0.4, -0.2) is 20.8 Å². The van der Waals surface area contributed by atoms with E-state index in [-0.39, 0.29) is 17.6 Å². The molecule has 0 fully saturated rings. The zero-order chi connectivity index (χ0) is 14.5. The van der Waals surface area contributed by atoms with Crippen molar-refractivity contribution in [2.75, 3.05) is 12.4 Å². The van der Waals surface area contributed by atoms with Crippen molar-refractivity contribution in [3.8, 4) is 0 Å². The molecule has 0 radical (unpaired) electrons. The molecule has 0 amide bonds. The lowest BCUT2D eigenvalue weighted by Crippen LogP contribution is -2.29. The molecular formula is C13H20BrNO3S. The van der Waals surface area contributed by atoms with Crippen LogP contribution in [0.5, 0.6) is 0 Å². The number of rotatable bonds is 7. The minimum atomic E-state index is -3.46. The Bertz CT molecular complexity index is 485. The molecule has 0 aliphatic heterocycles. The van der Waals surface area contributed by atoms with Gasteiger partial charge in [0.2, 0.25) is 10.0 Å². The monoisotopic (exact) mass is 349 g/mol. The van der Waals surface area contributed by atoms with Crippen molar-refractivity contribution >= 4 is 26.0 Å². The fraction of sp³-hybridized carbons (Fsp3) is 0.538. The Hall–Kier alpha value is -0.430. The highest BCUT2D eigenvalue weighted by molar-refractivity contribution is 9.10. The van der Waals surface area contributed by atoms with Gasteiger partial charge in [0.05, 0.1) is 19.0 Å². The molecule has 0 aliphatic rings. The Morgan fingerprint density at radius 1 is 1.26 bits per heavy atom. The van der Waals surface area contributed by atoms with Gasteiger partial charge in [-0.25, -0.2) is 13.6 Å². The van der Waals surface area contributed by atoms with E-state index in [4.69, 9.17) is 9.88 Å². The predicted octanol–water partition coefficient (Wildman–Crippen LogP) is 2.53. The van der Waals surface area contributed by atoms with E-state index in [1.165, 1.54) is 0 Å². The molecule has 0 heterocycles. The van der Waals surface area contributed by atoms with Gasteiger partial charge in [0.25, 0.3) is 0 Å². The number of halogens is 1. The second kappa shape index (κ2) is 7.38. The van der Waals surface area contributed by atoms with Crippen LogP contribution in [-0.2, 0) is 21.4 Å². The molecule has 1 unspecified atom stereocenters. The van der Waals surface area contributed by atoms with Gasteiger partial charge in [0, 0.05) is 4.47 Å². The molecule has 2 N–H and O–H groups in total. The molecule has 1 rings (SSSR count). The second-order valence-electron chi connectivity index (χ2n) is 4.98. The fourth-order valence-electron chi connectivity index (χ4n) is 1.64. The quantitative estimate of drug-likeness (QED) is 0.822. The van der Waals surface area contributed by atoms with Crippen LogP contribution >= 0.6 is 15.9 Å². The van der Waals surface area contributed by atoms with Crippen molar-refractivity contribution in [1.29, 1.82) is 0 Å². The molecule has 0 aromatic heterocycles. The van der Waals surface area contributed by atoms with Gasteiger partial charge in [-0.2, -0.15) is 0 Å². The third kappa shape index (κ3) is 7.06. The summed E-state index contributed by atoms with van der Waals surface area (Å²) in [7, 11) is -3.46. The topological polar surface area (TPSA) is 69.4 Å². The summed E-state index contributed by atoms with van der Waals surface area (Å²) in [6.07, 6.45) is 0. The van der Waals surface area contributed by atoms with Crippen molar-refractivity contribution in [3.05, 3.63) is 34.3 Å². The molecule has 0 spiro atoms. The number of sulfonamides is 1.